The fourth-order valence-electron chi connectivity index (χ4n) is 1.09. The third-order valence-corrected chi connectivity index (χ3v) is 2.35. The molecule has 0 aliphatic carbocycles. The molecule has 0 heterocycles. The van der Waals surface area contributed by atoms with Crippen LogP contribution in [-0.2, 0) is 4.84 Å². The number of hydroxylamine groups is 2. The number of hydrogen-bond donors (Lipinski definition) is 0. The molecule has 0 spiro atoms. The summed E-state index contributed by atoms with van der Waals surface area (Å²) in [5, 5.41) is 1.31. The van der Waals surface area contributed by atoms with Gasteiger partial charge in [0.25, 0.3) is 5.91 Å². The van der Waals surface area contributed by atoms with Gasteiger partial charge in [-0.15, -0.1) is 0 Å². The Kier molecular flexibility index (Phi) is 4.10. The van der Waals surface area contributed by atoms with Gasteiger partial charge in [0.1, 0.15) is 0 Å². The summed E-state index contributed by atoms with van der Waals surface area (Å²) < 4.78 is 0.953. The van der Waals surface area contributed by atoms with Crippen molar-refractivity contribution in [2.24, 2.45) is 0 Å². The van der Waals surface area contributed by atoms with Gasteiger partial charge in [0.15, 0.2) is 0 Å². The summed E-state index contributed by atoms with van der Waals surface area (Å²) in [6, 6.07) is 7.18. The number of benzene rings is 1. The lowest BCUT2D eigenvalue weighted by molar-refractivity contribution is -0.0915. The van der Waals surface area contributed by atoms with E-state index in [1.165, 1.54) is 12.2 Å². The van der Waals surface area contributed by atoms with Gasteiger partial charge < -0.3 is 0 Å². The van der Waals surface area contributed by atoms with E-state index in [1.54, 1.807) is 12.1 Å². The van der Waals surface area contributed by atoms with Crippen LogP contribution >= 0.6 is 15.9 Å². The zero-order chi connectivity index (χ0) is 10.6. The van der Waals surface area contributed by atoms with Gasteiger partial charge in [0.05, 0.1) is 7.11 Å². The topological polar surface area (TPSA) is 29.5 Å². The SMILES string of the molecule is CCN(OC)C(=O)c1ccc(Br)cc1. The molecule has 0 unspecified atom stereocenters. The molecule has 14 heavy (non-hydrogen) atoms. The largest absolute Gasteiger partial charge is 0.277 e. The molecule has 0 aliphatic heterocycles. The summed E-state index contributed by atoms with van der Waals surface area (Å²) in [5.74, 6) is -0.123. The first-order chi connectivity index (χ1) is 6.69. The maximum atomic E-state index is 11.7. The number of hydrogen-bond acceptors (Lipinski definition) is 2. The fourth-order valence-corrected chi connectivity index (χ4v) is 1.36. The predicted octanol–water partition coefficient (Wildman–Crippen LogP) is 2.47. The van der Waals surface area contributed by atoms with Crippen molar-refractivity contribution in [2.45, 2.75) is 6.92 Å². The Morgan fingerprint density at radius 1 is 1.43 bits per heavy atom. The van der Waals surface area contributed by atoms with Crippen LogP contribution in [0.1, 0.15) is 17.3 Å². The summed E-state index contributed by atoms with van der Waals surface area (Å²) in [6.45, 7) is 2.39. The maximum Gasteiger partial charge on any atom is 0.277 e. The Balaban J connectivity index is 2.83. The smallest absolute Gasteiger partial charge is 0.274 e. The van der Waals surface area contributed by atoms with Crippen molar-refractivity contribution in [1.82, 2.24) is 5.06 Å². The normalized spacial score (nSPS) is 9.93. The molecule has 0 aromatic heterocycles. The molecule has 0 fully saturated rings. The van der Waals surface area contributed by atoms with E-state index >= 15 is 0 Å². The van der Waals surface area contributed by atoms with E-state index in [0.717, 1.165) is 4.47 Å². The molecular formula is C10H12BrNO2. The Morgan fingerprint density at radius 3 is 2.43 bits per heavy atom. The Bertz CT molecular complexity index is 306. The van der Waals surface area contributed by atoms with Gasteiger partial charge in [-0.2, -0.15) is 0 Å². The van der Waals surface area contributed by atoms with Crippen LogP contribution in [0.4, 0.5) is 0 Å². The first-order valence-electron chi connectivity index (χ1n) is 4.30. The Hall–Kier alpha value is -0.870. The number of nitrogens with zero attached hydrogens (tertiary/aromatic N) is 1. The highest BCUT2D eigenvalue weighted by atomic mass is 79.9. The first kappa shape index (κ1) is 11.2. The van der Waals surface area contributed by atoms with E-state index in [-0.39, 0.29) is 5.91 Å². The predicted molar refractivity (Wildman–Crippen MR) is 57.9 cm³/mol. The van der Waals surface area contributed by atoms with Crippen molar-refractivity contribution in [3.8, 4) is 0 Å². The van der Waals surface area contributed by atoms with Crippen LogP contribution in [0, 0.1) is 0 Å². The second-order valence-corrected chi connectivity index (χ2v) is 3.61. The van der Waals surface area contributed by atoms with Crippen molar-refractivity contribution < 1.29 is 9.63 Å². The summed E-state index contributed by atoms with van der Waals surface area (Å²) in [4.78, 5) is 16.6. The molecular weight excluding hydrogens is 246 g/mol. The van der Waals surface area contributed by atoms with E-state index < -0.39 is 0 Å². The molecule has 0 radical (unpaired) electrons. The fraction of sp³-hybridized carbons (Fsp3) is 0.300. The third kappa shape index (κ3) is 2.56. The van der Waals surface area contributed by atoms with Crippen LogP contribution in [0.3, 0.4) is 0 Å². The molecule has 1 aromatic carbocycles. The number of rotatable bonds is 3. The highest BCUT2D eigenvalue weighted by molar-refractivity contribution is 9.10. The first-order valence-corrected chi connectivity index (χ1v) is 5.10. The molecule has 0 saturated heterocycles. The highest BCUT2D eigenvalue weighted by Crippen LogP contribution is 2.12. The summed E-state index contributed by atoms with van der Waals surface area (Å²) in [5.41, 5.74) is 0.622. The summed E-state index contributed by atoms with van der Waals surface area (Å²) in [7, 11) is 1.49. The molecule has 0 atom stereocenters. The number of halogens is 1. The van der Waals surface area contributed by atoms with Crippen LogP contribution in [0.2, 0.25) is 0 Å². The molecule has 0 N–H and O–H groups in total. The monoisotopic (exact) mass is 257 g/mol. The van der Waals surface area contributed by atoms with Crippen molar-refractivity contribution in [3.63, 3.8) is 0 Å². The Labute approximate surface area is 91.7 Å². The summed E-state index contributed by atoms with van der Waals surface area (Å²) in [6.07, 6.45) is 0. The van der Waals surface area contributed by atoms with Crippen LogP contribution < -0.4 is 0 Å². The van der Waals surface area contributed by atoms with Crippen LogP contribution in [0.15, 0.2) is 28.7 Å². The molecule has 0 aliphatic rings. The van der Waals surface area contributed by atoms with Gasteiger partial charge in [-0.05, 0) is 31.2 Å². The quantitative estimate of drug-likeness (QED) is 0.779. The maximum absolute atomic E-state index is 11.7. The van der Waals surface area contributed by atoms with Crippen LogP contribution in [0.5, 0.6) is 0 Å². The lowest BCUT2D eigenvalue weighted by Crippen LogP contribution is -2.29. The average Bonchev–Trinajstić information content (AvgIpc) is 2.20. The lowest BCUT2D eigenvalue weighted by Gasteiger charge is -2.17. The minimum atomic E-state index is -0.123. The van der Waals surface area contributed by atoms with E-state index in [9.17, 15) is 4.79 Å². The molecule has 0 bridgehead atoms. The molecule has 1 amide bonds. The van der Waals surface area contributed by atoms with Crippen LogP contribution in [-0.4, -0.2) is 24.6 Å². The Morgan fingerprint density at radius 2 is 2.00 bits per heavy atom. The zero-order valence-electron chi connectivity index (χ0n) is 8.16. The number of amides is 1. The van der Waals surface area contributed by atoms with Crippen molar-refractivity contribution in [2.75, 3.05) is 13.7 Å². The van der Waals surface area contributed by atoms with Crippen molar-refractivity contribution >= 4 is 21.8 Å². The lowest BCUT2D eigenvalue weighted by atomic mass is 10.2. The van der Waals surface area contributed by atoms with Crippen LogP contribution in [0.25, 0.3) is 0 Å². The molecule has 0 saturated carbocycles. The van der Waals surface area contributed by atoms with Crippen molar-refractivity contribution in [1.29, 1.82) is 0 Å². The zero-order valence-corrected chi connectivity index (χ0v) is 9.74. The van der Waals surface area contributed by atoms with E-state index in [2.05, 4.69) is 15.9 Å². The molecule has 3 nitrogen and oxygen atoms in total. The average molecular weight is 258 g/mol. The van der Waals surface area contributed by atoms with Gasteiger partial charge in [-0.1, -0.05) is 15.9 Å². The molecule has 4 heteroatoms. The third-order valence-electron chi connectivity index (χ3n) is 1.83. The van der Waals surface area contributed by atoms with Gasteiger partial charge in [0.2, 0.25) is 0 Å². The van der Waals surface area contributed by atoms with Gasteiger partial charge >= 0.3 is 0 Å². The minimum absolute atomic E-state index is 0.123. The van der Waals surface area contributed by atoms with Gasteiger partial charge in [-0.25, -0.2) is 5.06 Å². The van der Waals surface area contributed by atoms with E-state index in [4.69, 9.17) is 4.84 Å². The summed E-state index contributed by atoms with van der Waals surface area (Å²) >= 11 is 3.31. The number of carbonyl (C=O) groups excluding carboxylic acids is 1. The molecule has 76 valence electrons. The molecule has 1 aromatic rings. The van der Waals surface area contributed by atoms with E-state index in [0.29, 0.717) is 12.1 Å². The standard InChI is InChI=1S/C10H12BrNO2/c1-3-12(14-2)10(13)8-4-6-9(11)7-5-8/h4-7H,3H2,1-2H3. The van der Waals surface area contributed by atoms with Gasteiger partial charge in [0, 0.05) is 16.6 Å². The second kappa shape index (κ2) is 5.12. The number of carbonyl (C=O) groups is 1. The minimum Gasteiger partial charge on any atom is -0.274 e. The van der Waals surface area contributed by atoms with Gasteiger partial charge in [-0.3, -0.25) is 9.63 Å². The highest BCUT2D eigenvalue weighted by Gasteiger charge is 2.12. The van der Waals surface area contributed by atoms with Crippen molar-refractivity contribution in [3.05, 3.63) is 34.3 Å². The second-order valence-electron chi connectivity index (χ2n) is 2.69. The molecule has 1 rings (SSSR count). The van der Waals surface area contributed by atoms with E-state index in [1.807, 2.05) is 19.1 Å².